The Kier molecular flexibility index (Phi) is 7.44. The number of nitrogens with zero attached hydrogens (tertiary/aromatic N) is 2. The van der Waals surface area contributed by atoms with Gasteiger partial charge in [-0.15, -0.1) is 23.7 Å². The molecule has 0 unspecified atom stereocenters. The number of anilines is 1. The summed E-state index contributed by atoms with van der Waals surface area (Å²) in [6.07, 6.45) is 1.84. The number of nitrogen functional groups attached to an aromatic ring is 1. The molecule has 0 radical (unpaired) electrons. The minimum absolute atomic E-state index is 0. The topological polar surface area (TPSA) is 60.6 Å². The Morgan fingerprint density at radius 2 is 1.91 bits per heavy atom. The molecule has 5 nitrogen and oxygen atoms in total. The van der Waals surface area contributed by atoms with E-state index in [-0.39, 0.29) is 12.4 Å². The van der Waals surface area contributed by atoms with Crippen molar-refractivity contribution in [3.63, 3.8) is 0 Å². The first kappa shape index (κ1) is 18.5. The highest BCUT2D eigenvalue weighted by Crippen LogP contribution is 2.28. The Hall–Kier alpha value is -1.50. The Bertz CT molecular complexity index is 592. The highest BCUT2D eigenvalue weighted by Gasteiger charge is 2.10. The van der Waals surface area contributed by atoms with Crippen LogP contribution in [0.1, 0.15) is 17.4 Å². The zero-order valence-corrected chi connectivity index (χ0v) is 14.7. The van der Waals surface area contributed by atoms with Crippen molar-refractivity contribution >= 4 is 28.9 Å². The summed E-state index contributed by atoms with van der Waals surface area (Å²) in [6, 6.07) is 6.01. The number of methoxy groups -OCH3 is 2. The van der Waals surface area contributed by atoms with Crippen molar-refractivity contribution in [2.24, 2.45) is 0 Å². The predicted octanol–water partition coefficient (Wildman–Crippen LogP) is 3.19. The van der Waals surface area contributed by atoms with E-state index in [1.165, 1.54) is 21.8 Å². The summed E-state index contributed by atoms with van der Waals surface area (Å²) in [7, 11) is 3.30. The van der Waals surface area contributed by atoms with Gasteiger partial charge < -0.3 is 15.2 Å². The number of rotatable bonds is 7. The zero-order chi connectivity index (χ0) is 15.2. The summed E-state index contributed by atoms with van der Waals surface area (Å²) in [6.45, 7) is 4.78. The van der Waals surface area contributed by atoms with Crippen LogP contribution in [0.5, 0.6) is 11.5 Å². The molecular formula is C15H22ClN3O2S. The molecule has 22 heavy (non-hydrogen) atoms. The van der Waals surface area contributed by atoms with Crippen molar-refractivity contribution in [3.05, 3.63) is 34.8 Å². The van der Waals surface area contributed by atoms with Gasteiger partial charge in [0.05, 0.1) is 14.2 Å². The monoisotopic (exact) mass is 343 g/mol. The Morgan fingerprint density at radius 1 is 1.18 bits per heavy atom. The van der Waals surface area contributed by atoms with E-state index < -0.39 is 0 Å². The van der Waals surface area contributed by atoms with E-state index in [2.05, 4.69) is 22.9 Å². The molecule has 1 aromatic carbocycles. The first-order chi connectivity index (χ1) is 10.2. The number of nitrogens with two attached hydrogens (primary N) is 1. The molecule has 0 aliphatic heterocycles. The maximum absolute atomic E-state index is 5.68. The second-order valence-corrected chi connectivity index (χ2v) is 5.80. The van der Waals surface area contributed by atoms with Gasteiger partial charge in [-0.1, -0.05) is 13.0 Å². The Balaban J connectivity index is 0.00000242. The van der Waals surface area contributed by atoms with Crippen LogP contribution < -0.4 is 15.2 Å². The number of hydrogen-bond acceptors (Lipinski definition) is 6. The van der Waals surface area contributed by atoms with Crippen LogP contribution in [-0.2, 0) is 13.1 Å². The lowest BCUT2D eigenvalue weighted by Gasteiger charge is -2.20. The number of thiazole rings is 1. The highest BCUT2D eigenvalue weighted by molar-refractivity contribution is 7.15. The van der Waals surface area contributed by atoms with Crippen molar-refractivity contribution in [1.82, 2.24) is 9.88 Å². The molecule has 0 bridgehead atoms. The molecule has 0 atom stereocenters. The molecule has 2 aromatic rings. The summed E-state index contributed by atoms with van der Waals surface area (Å²) in [5, 5.41) is 0.618. The van der Waals surface area contributed by atoms with E-state index in [1.54, 1.807) is 14.2 Å². The van der Waals surface area contributed by atoms with E-state index in [4.69, 9.17) is 15.2 Å². The van der Waals surface area contributed by atoms with Gasteiger partial charge in [0, 0.05) is 24.2 Å². The largest absolute Gasteiger partial charge is 0.493 e. The minimum atomic E-state index is 0. The fourth-order valence-electron chi connectivity index (χ4n) is 2.13. The van der Waals surface area contributed by atoms with Crippen LogP contribution in [0.25, 0.3) is 0 Å². The van der Waals surface area contributed by atoms with Crippen LogP contribution in [0.4, 0.5) is 5.13 Å². The van der Waals surface area contributed by atoms with Crippen LogP contribution in [-0.4, -0.2) is 30.6 Å². The standard InChI is InChI=1S/C15H21N3O2S.ClH/c1-4-18(10-12-8-17-15(16)21-12)9-11-5-6-13(19-2)14(7-11)20-3;/h5-8H,4,9-10H2,1-3H3,(H2,16,17);1H. The maximum Gasteiger partial charge on any atom is 0.180 e. The van der Waals surface area contributed by atoms with Crippen molar-refractivity contribution in [1.29, 1.82) is 0 Å². The molecule has 1 heterocycles. The number of halogens is 1. The molecule has 0 saturated heterocycles. The molecule has 0 aliphatic rings. The quantitative estimate of drug-likeness (QED) is 0.836. The van der Waals surface area contributed by atoms with E-state index in [0.717, 1.165) is 31.1 Å². The first-order valence-corrected chi connectivity index (χ1v) is 7.61. The number of hydrogen-bond donors (Lipinski definition) is 1. The number of benzene rings is 1. The van der Waals surface area contributed by atoms with E-state index in [1.807, 2.05) is 18.3 Å². The molecule has 0 spiro atoms. The van der Waals surface area contributed by atoms with Gasteiger partial charge in [-0.05, 0) is 24.2 Å². The highest BCUT2D eigenvalue weighted by atomic mass is 35.5. The molecular weight excluding hydrogens is 322 g/mol. The van der Waals surface area contributed by atoms with E-state index in [0.29, 0.717) is 5.13 Å². The average molecular weight is 344 g/mol. The normalized spacial score (nSPS) is 10.4. The second kappa shape index (κ2) is 8.82. The lowest BCUT2D eigenvalue weighted by Crippen LogP contribution is -2.21. The van der Waals surface area contributed by atoms with Gasteiger partial charge in [-0.25, -0.2) is 4.98 Å². The predicted molar refractivity (Wildman–Crippen MR) is 93.1 cm³/mol. The van der Waals surface area contributed by atoms with Gasteiger partial charge >= 0.3 is 0 Å². The SMILES string of the molecule is CCN(Cc1ccc(OC)c(OC)c1)Cc1cnc(N)s1.Cl. The third-order valence-electron chi connectivity index (χ3n) is 3.25. The smallest absolute Gasteiger partial charge is 0.180 e. The molecule has 0 amide bonds. The Morgan fingerprint density at radius 3 is 2.45 bits per heavy atom. The zero-order valence-electron chi connectivity index (χ0n) is 13.0. The molecule has 0 aliphatic carbocycles. The second-order valence-electron chi connectivity index (χ2n) is 4.66. The first-order valence-electron chi connectivity index (χ1n) is 6.79. The summed E-state index contributed by atoms with van der Waals surface area (Å²) < 4.78 is 10.6. The van der Waals surface area contributed by atoms with Gasteiger partial charge in [-0.3, -0.25) is 4.90 Å². The Labute approximate surface area is 141 Å². The molecule has 1 aromatic heterocycles. The fraction of sp³-hybridized carbons (Fsp3) is 0.400. The molecule has 7 heteroatoms. The lowest BCUT2D eigenvalue weighted by atomic mass is 10.2. The van der Waals surface area contributed by atoms with Crippen LogP contribution >= 0.6 is 23.7 Å². The van der Waals surface area contributed by atoms with Gasteiger partial charge in [0.15, 0.2) is 16.6 Å². The fourth-order valence-corrected chi connectivity index (χ4v) is 2.86. The van der Waals surface area contributed by atoms with Crippen LogP contribution in [0.15, 0.2) is 24.4 Å². The minimum Gasteiger partial charge on any atom is -0.493 e. The van der Waals surface area contributed by atoms with Crippen molar-refractivity contribution in [2.45, 2.75) is 20.0 Å². The summed E-state index contributed by atoms with van der Waals surface area (Å²) in [5.74, 6) is 1.51. The maximum atomic E-state index is 5.68. The molecule has 0 fully saturated rings. The number of ether oxygens (including phenoxy) is 2. The van der Waals surface area contributed by atoms with Gasteiger partial charge in [0.2, 0.25) is 0 Å². The van der Waals surface area contributed by atoms with Crippen LogP contribution in [0.3, 0.4) is 0 Å². The molecule has 2 N–H and O–H groups in total. The average Bonchev–Trinajstić information content (AvgIpc) is 2.91. The van der Waals surface area contributed by atoms with Crippen LogP contribution in [0, 0.1) is 0 Å². The van der Waals surface area contributed by atoms with Gasteiger partial charge in [0.25, 0.3) is 0 Å². The van der Waals surface area contributed by atoms with Crippen molar-refractivity contribution in [3.8, 4) is 11.5 Å². The van der Waals surface area contributed by atoms with Crippen molar-refractivity contribution in [2.75, 3.05) is 26.5 Å². The molecule has 2 rings (SSSR count). The number of aromatic nitrogens is 1. The van der Waals surface area contributed by atoms with Gasteiger partial charge in [0.1, 0.15) is 0 Å². The molecule has 0 saturated carbocycles. The third-order valence-corrected chi connectivity index (χ3v) is 4.06. The van der Waals surface area contributed by atoms with E-state index >= 15 is 0 Å². The summed E-state index contributed by atoms with van der Waals surface area (Å²) in [5.41, 5.74) is 6.86. The van der Waals surface area contributed by atoms with E-state index in [9.17, 15) is 0 Å². The third kappa shape index (κ3) is 4.76. The molecule has 122 valence electrons. The van der Waals surface area contributed by atoms with Gasteiger partial charge in [-0.2, -0.15) is 0 Å². The summed E-state index contributed by atoms with van der Waals surface area (Å²) >= 11 is 1.54. The van der Waals surface area contributed by atoms with Crippen LogP contribution in [0.2, 0.25) is 0 Å². The lowest BCUT2D eigenvalue weighted by molar-refractivity contribution is 0.272. The van der Waals surface area contributed by atoms with Crippen molar-refractivity contribution < 1.29 is 9.47 Å². The summed E-state index contributed by atoms with van der Waals surface area (Å²) in [4.78, 5) is 7.60.